The maximum Gasteiger partial charge on any atom is 1.00 e. The van der Waals surface area contributed by atoms with Crippen molar-refractivity contribution in [3.63, 3.8) is 0 Å². The molecule has 0 spiro atoms. The third-order valence-electron chi connectivity index (χ3n) is 12.0. The molecule has 0 aromatic heterocycles. The van der Waals surface area contributed by atoms with Crippen molar-refractivity contribution in [1.29, 1.82) is 0 Å². The molecule has 3 aromatic rings. The molecule has 3 N–H and O–H groups in total. The second-order valence-corrected chi connectivity index (χ2v) is 23.2. The Hall–Kier alpha value is -3.48. The molecule has 3 aromatic carbocycles. The molecule has 0 aliphatic carbocycles. The summed E-state index contributed by atoms with van der Waals surface area (Å²) >= 11 is 21.6. The number of carbonyl (C=O) groups excluding carboxylic acids is 4. The third kappa shape index (κ3) is 11.0. The quantitative estimate of drug-likeness (QED) is 0.0406. The van der Waals surface area contributed by atoms with Gasteiger partial charge in [-0.2, -0.15) is 0 Å². The second kappa shape index (κ2) is 20.2. The summed E-state index contributed by atoms with van der Waals surface area (Å²) in [5.41, 5.74) is -2.82. The first kappa shape index (κ1) is 54.8. The fourth-order valence-electron chi connectivity index (χ4n) is 9.35. The number of ether oxygens (including phenoxy) is 1. The molecule has 69 heavy (non-hydrogen) atoms. The second-order valence-electron chi connectivity index (χ2n) is 18.4. The zero-order valence-corrected chi connectivity index (χ0v) is 45.1. The van der Waals surface area contributed by atoms with Crippen LogP contribution in [0.15, 0.2) is 31.8 Å². The SMILES string of the molecule is CC1CC(C)(C)Nc2c1cc1c(c2S(=O)(=O)[O-])Oc2c(S(=O)(=O)[O-])c3c(cc2=C1c1c(Cl)c(SCC(=O)NCCCCCC(=O)ON2C(=O)CCC2=O)c(Cl)c(Cl)c1C(=O)O)C(C)CC(C)(C)N=3.[H+].[Na+]. The standard InChI is InChI=1S/C44H47Cl3N4O14S3.Na/c1-19-16-43(3,4)49-35-21(19)14-23-29(24-15-22-20(2)17-44(5,6)50-36(22)41(68(61,62)63)38(24)64-37(23)40(35)67(58,59)60)30-31(42(56)57)32(45)34(47)39(33(30)46)66-18-25(52)48-13-9-7-8-10-28(55)65-51-26(53)11-12-27(51)54;/h14-15,19-20,49H,7-13,16-18H2,1-6H3,(H,48,52)(H,56,57)(H,58,59,60)(H,61,62,63);/q;+1/p-1. The smallest absolute Gasteiger partial charge is 0.744 e. The summed E-state index contributed by atoms with van der Waals surface area (Å²) in [7, 11) is -11.1. The van der Waals surface area contributed by atoms with E-state index in [0.29, 0.717) is 42.7 Å². The van der Waals surface area contributed by atoms with Gasteiger partial charge in [0.05, 0.1) is 43.0 Å². The molecular formula is C44H46Cl3N4NaO14S3. The molecule has 4 aliphatic heterocycles. The third-order valence-corrected chi connectivity index (χ3v) is 16.3. The number of amides is 3. The van der Waals surface area contributed by atoms with Crippen molar-refractivity contribution in [2.24, 2.45) is 4.99 Å². The fourth-order valence-corrected chi connectivity index (χ4v) is 12.9. The van der Waals surface area contributed by atoms with Crippen LogP contribution in [-0.2, 0) is 44.3 Å². The molecule has 366 valence electrons. The maximum absolute atomic E-state index is 13.5. The number of imide groups is 1. The predicted octanol–water partition coefficient (Wildman–Crippen LogP) is 3.60. The average Bonchev–Trinajstić information content (AvgIpc) is 3.51. The number of carbonyl (C=O) groups is 5. The normalized spacial score (nSPS) is 18.9. The van der Waals surface area contributed by atoms with Crippen molar-refractivity contribution in [3.05, 3.63) is 65.6 Å². The minimum Gasteiger partial charge on any atom is -0.744 e. The summed E-state index contributed by atoms with van der Waals surface area (Å²) in [4.78, 5) is 69.6. The maximum atomic E-state index is 13.5. The van der Waals surface area contributed by atoms with Crippen LogP contribution >= 0.6 is 46.6 Å². The minimum absolute atomic E-state index is 0. The number of halogens is 3. The van der Waals surface area contributed by atoms with E-state index in [-0.39, 0.29) is 105 Å². The van der Waals surface area contributed by atoms with Crippen molar-refractivity contribution in [2.45, 2.75) is 131 Å². The number of benzene rings is 3. The van der Waals surface area contributed by atoms with Crippen molar-refractivity contribution < 1.29 is 95.6 Å². The average molecular weight is 1080 g/mol. The first-order valence-electron chi connectivity index (χ1n) is 21.3. The number of thioether (sulfide) groups is 1. The van der Waals surface area contributed by atoms with Gasteiger partial charge in [-0.25, -0.2) is 26.4 Å². The molecule has 1 saturated heterocycles. The summed E-state index contributed by atoms with van der Waals surface area (Å²) < 4.78 is 87.5. The molecule has 3 amide bonds. The van der Waals surface area contributed by atoms with Crippen molar-refractivity contribution in [2.75, 3.05) is 17.6 Å². The van der Waals surface area contributed by atoms with Crippen molar-refractivity contribution >= 4 is 108 Å². The van der Waals surface area contributed by atoms with Crippen molar-refractivity contribution in [1.82, 2.24) is 10.4 Å². The van der Waals surface area contributed by atoms with Gasteiger partial charge in [-0.05, 0) is 88.5 Å². The van der Waals surface area contributed by atoms with Gasteiger partial charge in [0.25, 0.3) is 11.8 Å². The molecule has 0 saturated carbocycles. The van der Waals surface area contributed by atoms with E-state index in [4.69, 9.17) is 44.4 Å². The van der Waals surface area contributed by atoms with Crippen LogP contribution < -0.4 is 55.5 Å². The van der Waals surface area contributed by atoms with Crippen LogP contribution in [0.25, 0.3) is 5.57 Å². The Labute approximate surface area is 440 Å². The molecule has 7 rings (SSSR count). The Morgan fingerprint density at radius 2 is 1.55 bits per heavy atom. The summed E-state index contributed by atoms with van der Waals surface area (Å²) in [6.07, 6.45) is 1.86. The number of anilines is 1. The van der Waals surface area contributed by atoms with Crippen LogP contribution in [0.1, 0.15) is 139 Å². The molecule has 18 nitrogen and oxygen atoms in total. The number of nitrogens with one attached hydrogen (secondary N) is 2. The van der Waals surface area contributed by atoms with Gasteiger partial charge in [0.2, 0.25) is 5.91 Å². The monoisotopic (exact) mass is 1080 g/mol. The Morgan fingerprint density at radius 1 is 0.928 bits per heavy atom. The van der Waals surface area contributed by atoms with Gasteiger partial charge in [0, 0.05) is 58.2 Å². The van der Waals surface area contributed by atoms with E-state index in [1.165, 1.54) is 12.1 Å². The molecule has 25 heteroatoms. The van der Waals surface area contributed by atoms with E-state index >= 15 is 0 Å². The van der Waals surface area contributed by atoms with Crippen LogP contribution in [-0.4, -0.2) is 89.1 Å². The molecular weight excluding hydrogens is 1030 g/mol. The number of fused-ring (bicyclic) bond motifs is 4. The van der Waals surface area contributed by atoms with E-state index < -0.39 is 115 Å². The number of nitrogens with zero attached hydrogens (tertiary/aromatic N) is 2. The van der Waals surface area contributed by atoms with E-state index in [0.717, 1.165) is 11.8 Å². The number of hydrogen-bond acceptors (Lipinski definition) is 16. The van der Waals surface area contributed by atoms with Crippen LogP contribution in [0.3, 0.4) is 0 Å². The van der Waals surface area contributed by atoms with Gasteiger partial charge in [0.15, 0.2) is 11.5 Å². The van der Waals surface area contributed by atoms with Crippen LogP contribution in [0.4, 0.5) is 5.69 Å². The molecule has 2 unspecified atom stereocenters. The molecule has 4 heterocycles. The Kier molecular flexibility index (Phi) is 16.1. The number of aromatic carboxylic acids is 1. The molecule has 4 aliphatic rings. The summed E-state index contributed by atoms with van der Waals surface area (Å²) in [6.45, 7) is 10.8. The zero-order chi connectivity index (χ0) is 50.2. The van der Waals surface area contributed by atoms with Gasteiger partial charge in [-0.3, -0.25) is 19.4 Å². The summed E-state index contributed by atoms with van der Waals surface area (Å²) in [5.74, 6) is -6.84. The molecule has 2 atom stereocenters. The first-order chi connectivity index (χ1) is 31.5. The minimum atomic E-state index is -5.58. The Morgan fingerprint density at radius 3 is 2.16 bits per heavy atom. The summed E-state index contributed by atoms with van der Waals surface area (Å²) in [6, 6.07) is 2.97. The zero-order valence-electron chi connectivity index (χ0n) is 39.4. The molecule has 0 radical (unpaired) electrons. The van der Waals surface area contributed by atoms with Gasteiger partial charge in [-0.1, -0.05) is 55.1 Å². The van der Waals surface area contributed by atoms with Crippen LogP contribution in [0.2, 0.25) is 15.1 Å². The van der Waals surface area contributed by atoms with E-state index in [9.17, 15) is 55.0 Å². The Balaban J connectivity index is 0.00000456. The topological polar surface area (TPSA) is 278 Å². The largest absolute Gasteiger partial charge is 1.00 e. The van der Waals surface area contributed by atoms with Gasteiger partial charge in [0.1, 0.15) is 30.0 Å². The predicted molar refractivity (Wildman–Crippen MR) is 248 cm³/mol. The number of hydroxylamine groups is 2. The van der Waals surface area contributed by atoms with Crippen LogP contribution in [0, 0.1) is 0 Å². The van der Waals surface area contributed by atoms with E-state index in [1.807, 2.05) is 0 Å². The number of carboxylic acids is 1. The van der Waals surface area contributed by atoms with Crippen LogP contribution in [0.5, 0.6) is 11.5 Å². The number of rotatable bonds is 14. The fraction of sp³-hybridized carbons (Fsp3) is 0.455. The van der Waals surface area contributed by atoms with Crippen molar-refractivity contribution in [3.8, 4) is 11.5 Å². The molecule has 1 fully saturated rings. The first-order valence-corrected chi connectivity index (χ1v) is 26.3. The Bertz CT molecular complexity index is 3110. The number of hydrogen-bond donors (Lipinski definition) is 3. The number of carboxylic acid groups (broad SMARTS) is 1. The summed E-state index contributed by atoms with van der Waals surface area (Å²) in [5, 5.41) is 15.4. The van der Waals surface area contributed by atoms with E-state index in [2.05, 4.69) is 15.6 Å². The molecule has 0 bridgehead atoms. The van der Waals surface area contributed by atoms with Gasteiger partial charge >= 0.3 is 42.9 Å². The van der Waals surface area contributed by atoms with Gasteiger partial charge < -0.3 is 34.4 Å². The van der Waals surface area contributed by atoms with Gasteiger partial charge in [-0.15, -0.1) is 16.8 Å². The number of unbranched alkanes of at least 4 members (excludes halogenated alkanes) is 2. The van der Waals surface area contributed by atoms with E-state index in [1.54, 1.807) is 41.5 Å².